The standard InChI is InChI=1S/C20H21FN4/c1-14(2)17-5-3-4-6-18(17)25-20-11-19(23-13-24-20)22-12-15-7-9-16(21)10-8-15/h3-11,13-14H,12H2,1-2H3,(H2,22,23,24,25). The van der Waals surface area contributed by atoms with Crippen LogP contribution in [-0.4, -0.2) is 9.97 Å². The van der Waals surface area contributed by atoms with Crippen LogP contribution < -0.4 is 10.6 Å². The number of nitrogens with zero attached hydrogens (tertiary/aromatic N) is 2. The minimum Gasteiger partial charge on any atom is -0.366 e. The van der Waals surface area contributed by atoms with E-state index in [-0.39, 0.29) is 5.82 Å². The second-order valence-corrected chi connectivity index (χ2v) is 6.14. The molecule has 2 aromatic carbocycles. The predicted octanol–water partition coefficient (Wildman–Crippen LogP) is 5.09. The summed E-state index contributed by atoms with van der Waals surface area (Å²) < 4.78 is 12.9. The van der Waals surface area contributed by atoms with Gasteiger partial charge in [0, 0.05) is 18.3 Å². The van der Waals surface area contributed by atoms with Gasteiger partial charge in [-0.15, -0.1) is 0 Å². The molecular weight excluding hydrogens is 315 g/mol. The van der Waals surface area contributed by atoms with Gasteiger partial charge in [-0.2, -0.15) is 0 Å². The zero-order valence-corrected chi connectivity index (χ0v) is 14.3. The summed E-state index contributed by atoms with van der Waals surface area (Å²) in [6, 6.07) is 16.5. The van der Waals surface area contributed by atoms with Gasteiger partial charge in [0.05, 0.1) is 0 Å². The van der Waals surface area contributed by atoms with E-state index < -0.39 is 0 Å². The Hall–Kier alpha value is -2.95. The van der Waals surface area contributed by atoms with Gasteiger partial charge in [-0.3, -0.25) is 0 Å². The van der Waals surface area contributed by atoms with Crippen LogP contribution in [0.2, 0.25) is 0 Å². The SMILES string of the molecule is CC(C)c1ccccc1Nc1cc(NCc2ccc(F)cc2)ncn1. The highest BCUT2D eigenvalue weighted by molar-refractivity contribution is 5.63. The van der Waals surface area contributed by atoms with E-state index in [0.717, 1.165) is 17.1 Å². The zero-order valence-electron chi connectivity index (χ0n) is 14.3. The number of rotatable bonds is 6. The van der Waals surface area contributed by atoms with Crippen molar-refractivity contribution in [3.63, 3.8) is 0 Å². The van der Waals surface area contributed by atoms with Gasteiger partial charge in [-0.1, -0.05) is 44.2 Å². The Morgan fingerprint density at radius 1 is 0.960 bits per heavy atom. The molecule has 0 spiro atoms. The summed E-state index contributed by atoms with van der Waals surface area (Å²) in [5.74, 6) is 1.62. The average molecular weight is 336 g/mol. The number of hydrogen-bond acceptors (Lipinski definition) is 4. The monoisotopic (exact) mass is 336 g/mol. The zero-order chi connectivity index (χ0) is 17.6. The third kappa shape index (κ3) is 4.53. The number of para-hydroxylation sites is 1. The second kappa shape index (κ2) is 7.75. The van der Waals surface area contributed by atoms with Gasteiger partial charge in [0.25, 0.3) is 0 Å². The summed E-state index contributed by atoms with van der Waals surface area (Å²) in [6.07, 6.45) is 1.52. The molecular formula is C20H21FN4. The summed E-state index contributed by atoms with van der Waals surface area (Å²) in [5, 5.41) is 6.59. The highest BCUT2D eigenvalue weighted by atomic mass is 19.1. The summed E-state index contributed by atoms with van der Waals surface area (Å²) in [6.45, 7) is 4.89. The lowest BCUT2D eigenvalue weighted by atomic mass is 10.0. The third-order valence-electron chi connectivity index (χ3n) is 3.90. The maximum absolute atomic E-state index is 12.9. The Morgan fingerprint density at radius 2 is 1.68 bits per heavy atom. The number of aromatic nitrogens is 2. The number of halogens is 1. The molecule has 0 bridgehead atoms. The molecule has 3 aromatic rings. The van der Waals surface area contributed by atoms with Crippen LogP contribution >= 0.6 is 0 Å². The molecule has 0 saturated carbocycles. The summed E-state index contributed by atoms with van der Waals surface area (Å²) in [5.41, 5.74) is 3.27. The molecule has 0 radical (unpaired) electrons. The highest BCUT2D eigenvalue weighted by Crippen LogP contribution is 2.26. The molecule has 0 atom stereocenters. The Labute approximate surface area is 147 Å². The fourth-order valence-corrected chi connectivity index (χ4v) is 2.57. The number of nitrogens with one attached hydrogen (secondary N) is 2. The first-order chi connectivity index (χ1) is 12.1. The highest BCUT2D eigenvalue weighted by Gasteiger charge is 2.07. The maximum Gasteiger partial charge on any atom is 0.135 e. The second-order valence-electron chi connectivity index (χ2n) is 6.14. The van der Waals surface area contributed by atoms with Gasteiger partial charge >= 0.3 is 0 Å². The first-order valence-corrected chi connectivity index (χ1v) is 8.28. The van der Waals surface area contributed by atoms with Crippen LogP contribution in [0.25, 0.3) is 0 Å². The van der Waals surface area contributed by atoms with Crippen molar-refractivity contribution in [2.24, 2.45) is 0 Å². The Kier molecular flexibility index (Phi) is 5.23. The summed E-state index contributed by atoms with van der Waals surface area (Å²) in [4.78, 5) is 8.52. The molecule has 128 valence electrons. The summed E-state index contributed by atoms with van der Waals surface area (Å²) in [7, 11) is 0. The summed E-state index contributed by atoms with van der Waals surface area (Å²) >= 11 is 0. The van der Waals surface area contributed by atoms with Crippen molar-refractivity contribution in [3.8, 4) is 0 Å². The molecule has 4 nitrogen and oxygen atoms in total. The topological polar surface area (TPSA) is 49.8 Å². The van der Waals surface area contributed by atoms with Gasteiger partial charge in [0.2, 0.25) is 0 Å². The fraction of sp³-hybridized carbons (Fsp3) is 0.200. The molecule has 25 heavy (non-hydrogen) atoms. The van der Waals surface area contributed by atoms with Crippen molar-refractivity contribution in [2.45, 2.75) is 26.3 Å². The van der Waals surface area contributed by atoms with E-state index >= 15 is 0 Å². The smallest absolute Gasteiger partial charge is 0.135 e. The van der Waals surface area contributed by atoms with Gasteiger partial charge in [-0.25, -0.2) is 14.4 Å². The molecule has 1 aromatic heterocycles. The van der Waals surface area contributed by atoms with Crippen LogP contribution in [0, 0.1) is 5.82 Å². The van der Waals surface area contributed by atoms with E-state index in [1.165, 1.54) is 24.0 Å². The van der Waals surface area contributed by atoms with Crippen molar-refractivity contribution in [3.05, 3.63) is 77.9 Å². The maximum atomic E-state index is 12.9. The number of hydrogen-bond donors (Lipinski definition) is 2. The number of anilines is 3. The molecule has 0 aliphatic rings. The van der Waals surface area contributed by atoms with Crippen LogP contribution in [0.1, 0.15) is 30.9 Å². The lowest BCUT2D eigenvalue weighted by Gasteiger charge is -2.14. The lowest BCUT2D eigenvalue weighted by molar-refractivity contribution is 0.627. The molecule has 5 heteroatoms. The molecule has 1 heterocycles. The van der Waals surface area contributed by atoms with Crippen molar-refractivity contribution in [2.75, 3.05) is 10.6 Å². The predicted molar refractivity (Wildman–Crippen MR) is 99.6 cm³/mol. The minimum absolute atomic E-state index is 0.235. The van der Waals surface area contributed by atoms with Gasteiger partial charge in [0.15, 0.2) is 0 Å². The van der Waals surface area contributed by atoms with Crippen molar-refractivity contribution >= 4 is 17.3 Å². The van der Waals surface area contributed by atoms with Crippen molar-refractivity contribution in [1.82, 2.24) is 9.97 Å². The quantitative estimate of drug-likeness (QED) is 0.658. The van der Waals surface area contributed by atoms with E-state index in [1.54, 1.807) is 12.1 Å². The third-order valence-corrected chi connectivity index (χ3v) is 3.90. The van der Waals surface area contributed by atoms with E-state index in [9.17, 15) is 4.39 Å². The molecule has 0 fully saturated rings. The number of benzene rings is 2. The molecule has 2 N–H and O–H groups in total. The first kappa shape index (κ1) is 16.9. The average Bonchev–Trinajstić information content (AvgIpc) is 2.62. The van der Waals surface area contributed by atoms with E-state index in [2.05, 4.69) is 40.5 Å². The van der Waals surface area contributed by atoms with Crippen LogP contribution in [0.3, 0.4) is 0 Å². The molecule has 0 amide bonds. The van der Waals surface area contributed by atoms with E-state index in [4.69, 9.17) is 0 Å². The van der Waals surface area contributed by atoms with Crippen molar-refractivity contribution in [1.29, 1.82) is 0 Å². The van der Waals surface area contributed by atoms with Crippen LogP contribution in [-0.2, 0) is 6.54 Å². The van der Waals surface area contributed by atoms with Gasteiger partial charge < -0.3 is 10.6 Å². The fourth-order valence-electron chi connectivity index (χ4n) is 2.57. The van der Waals surface area contributed by atoms with E-state index in [1.807, 2.05) is 24.3 Å². The Balaban J connectivity index is 1.70. The largest absolute Gasteiger partial charge is 0.366 e. The molecule has 0 aliphatic carbocycles. The first-order valence-electron chi connectivity index (χ1n) is 8.28. The lowest BCUT2D eigenvalue weighted by Crippen LogP contribution is -2.04. The van der Waals surface area contributed by atoms with Gasteiger partial charge in [-0.05, 0) is 35.2 Å². The Morgan fingerprint density at radius 3 is 2.44 bits per heavy atom. The molecule has 0 unspecified atom stereocenters. The van der Waals surface area contributed by atoms with E-state index in [0.29, 0.717) is 18.3 Å². The van der Waals surface area contributed by atoms with Crippen LogP contribution in [0.5, 0.6) is 0 Å². The van der Waals surface area contributed by atoms with Crippen molar-refractivity contribution < 1.29 is 4.39 Å². The normalized spacial score (nSPS) is 10.7. The minimum atomic E-state index is -0.235. The molecule has 0 aliphatic heterocycles. The van der Waals surface area contributed by atoms with Gasteiger partial charge in [0.1, 0.15) is 23.8 Å². The molecule has 0 saturated heterocycles. The molecule has 3 rings (SSSR count). The Bertz CT molecular complexity index is 831. The van der Waals surface area contributed by atoms with Crippen LogP contribution in [0.15, 0.2) is 60.9 Å². The van der Waals surface area contributed by atoms with Crippen LogP contribution in [0.4, 0.5) is 21.7 Å².